The van der Waals surface area contributed by atoms with E-state index in [1.54, 1.807) is 23.8 Å². The van der Waals surface area contributed by atoms with Crippen molar-refractivity contribution in [2.24, 2.45) is 0 Å². The molecule has 0 aliphatic carbocycles. The fourth-order valence-corrected chi connectivity index (χ4v) is 3.99. The van der Waals surface area contributed by atoms with E-state index in [1.165, 1.54) is 0 Å². The van der Waals surface area contributed by atoms with E-state index >= 15 is 0 Å². The van der Waals surface area contributed by atoms with Crippen LogP contribution in [-0.4, -0.2) is 52.3 Å². The van der Waals surface area contributed by atoms with Crippen molar-refractivity contribution in [1.82, 2.24) is 25.0 Å². The molecule has 1 amide bonds. The predicted octanol–water partition coefficient (Wildman–Crippen LogP) is 4.47. The second-order valence-corrected chi connectivity index (χ2v) is 8.09. The maximum Gasteiger partial charge on any atom is 0.240 e. The standard InChI is InChI=1S/C23H28ClN5O2S/c1-4-28(5-2)20(17-7-6-8-19(13-17)31-3)14-25-21(30)15-29-22(26-27-23(29)32)16-9-11-18(24)12-10-16/h6-13,20H,4-5,14-15H2,1-3H3,(H,25,30)(H,27,32). The summed E-state index contributed by atoms with van der Waals surface area (Å²) in [7, 11) is 1.65. The van der Waals surface area contributed by atoms with Gasteiger partial charge in [0.1, 0.15) is 12.3 Å². The number of aromatic nitrogens is 3. The number of likely N-dealkylation sites (N-methyl/N-ethyl adjacent to an activating group) is 1. The lowest BCUT2D eigenvalue weighted by atomic mass is 10.0. The first-order valence-electron chi connectivity index (χ1n) is 10.5. The van der Waals surface area contributed by atoms with Crippen LogP contribution in [0.4, 0.5) is 0 Å². The summed E-state index contributed by atoms with van der Waals surface area (Å²) in [5, 5.41) is 10.8. The Bertz CT molecular complexity index is 1090. The predicted molar refractivity (Wildman–Crippen MR) is 130 cm³/mol. The van der Waals surface area contributed by atoms with E-state index in [-0.39, 0.29) is 18.5 Å². The lowest BCUT2D eigenvalue weighted by Crippen LogP contribution is -2.39. The number of carbonyl (C=O) groups is 1. The highest BCUT2D eigenvalue weighted by Gasteiger charge is 2.20. The molecule has 0 aliphatic rings. The third-order valence-electron chi connectivity index (χ3n) is 5.39. The zero-order chi connectivity index (χ0) is 23.1. The second-order valence-electron chi connectivity index (χ2n) is 7.26. The number of halogens is 1. The lowest BCUT2D eigenvalue weighted by molar-refractivity contribution is -0.121. The largest absolute Gasteiger partial charge is 0.497 e. The van der Waals surface area contributed by atoms with Gasteiger partial charge < -0.3 is 10.1 Å². The van der Waals surface area contributed by atoms with Crippen LogP contribution in [0.15, 0.2) is 48.5 Å². The van der Waals surface area contributed by atoms with Crippen molar-refractivity contribution in [3.8, 4) is 17.1 Å². The summed E-state index contributed by atoms with van der Waals surface area (Å²) >= 11 is 11.3. The van der Waals surface area contributed by atoms with Crippen molar-refractivity contribution in [3.63, 3.8) is 0 Å². The number of aromatic amines is 1. The van der Waals surface area contributed by atoms with Crippen LogP contribution in [0.3, 0.4) is 0 Å². The molecule has 2 N–H and O–H groups in total. The number of benzene rings is 2. The number of nitrogens with one attached hydrogen (secondary N) is 2. The summed E-state index contributed by atoms with van der Waals surface area (Å²) in [5.41, 5.74) is 1.92. The van der Waals surface area contributed by atoms with Crippen molar-refractivity contribution in [1.29, 1.82) is 0 Å². The monoisotopic (exact) mass is 473 g/mol. The number of carbonyl (C=O) groups excluding carboxylic acids is 1. The summed E-state index contributed by atoms with van der Waals surface area (Å²) in [5.74, 6) is 1.25. The van der Waals surface area contributed by atoms with Gasteiger partial charge in [-0.1, -0.05) is 37.6 Å². The quantitative estimate of drug-likeness (QED) is 0.425. The minimum atomic E-state index is -0.141. The first kappa shape index (κ1) is 24.0. The molecule has 0 radical (unpaired) electrons. The fourth-order valence-electron chi connectivity index (χ4n) is 3.66. The van der Waals surface area contributed by atoms with Crippen molar-refractivity contribution in [2.45, 2.75) is 26.4 Å². The van der Waals surface area contributed by atoms with Crippen LogP contribution >= 0.6 is 23.8 Å². The number of amides is 1. The van der Waals surface area contributed by atoms with Crippen LogP contribution in [0.2, 0.25) is 5.02 Å². The second kappa shape index (κ2) is 11.3. The Kier molecular flexibility index (Phi) is 8.44. The van der Waals surface area contributed by atoms with Crippen LogP contribution in [0.1, 0.15) is 25.5 Å². The van der Waals surface area contributed by atoms with E-state index in [1.807, 2.05) is 30.3 Å². The number of hydrogen-bond acceptors (Lipinski definition) is 5. The summed E-state index contributed by atoms with van der Waals surface area (Å²) in [4.78, 5) is 15.2. The van der Waals surface area contributed by atoms with E-state index in [2.05, 4.69) is 40.3 Å². The molecular weight excluding hydrogens is 446 g/mol. The van der Waals surface area contributed by atoms with E-state index in [9.17, 15) is 4.79 Å². The minimum absolute atomic E-state index is 0.0251. The van der Waals surface area contributed by atoms with Gasteiger partial charge in [0.2, 0.25) is 5.91 Å². The van der Waals surface area contributed by atoms with Gasteiger partial charge in [0, 0.05) is 17.1 Å². The number of rotatable bonds is 10. The highest BCUT2D eigenvalue weighted by atomic mass is 35.5. The Labute approximate surface area is 198 Å². The van der Waals surface area contributed by atoms with Crippen molar-refractivity contribution in [2.75, 3.05) is 26.7 Å². The van der Waals surface area contributed by atoms with Gasteiger partial charge in [-0.3, -0.25) is 19.4 Å². The van der Waals surface area contributed by atoms with Crippen molar-refractivity contribution >= 4 is 29.7 Å². The first-order chi connectivity index (χ1) is 15.5. The fraction of sp³-hybridized carbons (Fsp3) is 0.348. The Morgan fingerprint density at radius 3 is 2.62 bits per heavy atom. The van der Waals surface area contributed by atoms with E-state index in [0.29, 0.717) is 22.2 Å². The maximum atomic E-state index is 12.9. The van der Waals surface area contributed by atoms with Gasteiger partial charge in [-0.25, -0.2) is 0 Å². The average molecular weight is 474 g/mol. The molecule has 1 aromatic heterocycles. The lowest BCUT2D eigenvalue weighted by Gasteiger charge is -2.30. The molecular formula is C23H28ClN5O2S. The Hall–Kier alpha value is -2.68. The zero-order valence-corrected chi connectivity index (χ0v) is 20.0. The molecule has 170 valence electrons. The van der Waals surface area contributed by atoms with E-state index in [0.717, 1.165) is 30.0 Å². The molecule has 0 aliphatic heterocycles. The van der Waals surface area contributed by atoms with Gasteiger partial charge >= 0.3 is 0 Å². The van der Waals surface area contributed by atoms with E-state index < -0.39 is 0 Å². The highest BCUT2D eigenvalue weighted by Crippen LogP contribution is 2.24. The molecule has 7 nitrogen and oxygen atoms in total. The van der Waals surface area contributed by atoms with Gasteiger partial charge in [-0.2, -0.15) is 5.10 Å². The SMILES string of the molecule is CCN(CC)C(CNC(=O)Cn1c(-c2ccc(Cl)cc2)n[nH]c1=S)c1cccc(OC)c1. The zero-order valence-electron chi connectivity index (χ0n) is 18.5. The maximum absolute atomic E-state index is 12.9. The Morgan fingerprint density at radius 2 is 1.97 bits per heavy atom. The van der Waals surface area contributed by atoms with Gasteiger partial charge in [-0.05, 0) is 67.3 Å². The van der Waals surface area contributed by atoms with Gasteiger partial charge in [-0.15, -0.1) is 0 Å². The Balaban J connectivity index is 1.75. The molecule has 0 bridgehead atoms. The average Bonchev–Trinajstić information content (AvgIpc) is 3.17. The number of nitrogens with zero attached hydrogens (tertiary/aromatic N) is 3. The normalized spacial score (nSPS) is 12.0. The number of H-pyrrole nitrogens is 1. The van der Waals surface area contributed by atoms with Crippen LogP contribution in [-0.2, 0) is 11.3 Å². The topological polar surface area (TPSA) is 75.2 Å². The third kappa shape index (κ3) is 5.76. The molecule has 2 aromatic carbocycles. The van der Waals surface area contributed by atoms with Gasteiger partial charge in [0.25, 0.3) is 0 Å². The molecule has 9 heteroatoms. The van der Waals surface area contributed by atoms with Crippen LogP contribution in [0.5, 0.6) is 5.75 Å². The Morgan fingerprint density at radius 1 is 1.25 bits per heavy atom. The summed E-state index contributed by atoms with van der Waals surface area (Å²) < 4.78 is 7.46. The first-order valence-corrected chi connectivity index (χ1v) is 11.3. The third-order valence-corrected chi connectivity index (χ3v) is 5.95. The molecule has 1 heterocycles. The van der Waals surface area contributed by atoms with Gasteiger partial charge in [0.05, 0.1) is 13.2 Å². The molecule has 0 saturated carbocycles. The molecule has 0 saturated heterocycles. The molecule has 3 rings (SSSR count). The number of ether oxygens (including phenoxy) is 1. The molecule has 0 spiro atoms. The highest BCUT2D eigenvalue weighted by molar-refractivity contribution is 7.71. The number of methoxy groups -OCH3 is 1. The molecule has 32 heavy (non-hydrogen) atoms. The van der Waals surface area contributed by atoms with Crippen LogP contribution in [0, 0.1) is 4.77 Å². The smallest absolute Gasteiger partial charge is 0.240 e. The molecule has 0 fully saturated rings. The molecule has 3 aromatic rings. The van der Waals surface area contributed by atoms with Crippen molar-refractivity contribution in [3.05, 3.63) is 63.9 Å². The van der Waals surface area contributed by atoms with Crippen LogP contribution in [0.25, 0.3) is 11.4 Å². The summed E-state index contributed by atoms with van der Waals surface area (Å²) in [6.07, 6.45) is 0. The van der Waals surface area contributed by atoms with E-state index in [4.69, 9.17) is 28.6 Å². The van der Waals surface area contributed by atoms with Crippen LogP contribution < -0.4 is 10.1 Å². The molecule has 1 unspecified atom stereocenters. The minimum Gasteiger partial charge on any atom is -0.497 e. The summed E-state index contributed by atoms with van der Waals surface area (Å²) in [6.45, 7) is 6.48. The molecule has 1 atom stereocenters. The number of hydrogen-bond donors (Lipinski definition) is 2. The van der Waals surface area contributed by atoms with Crippen molar-refractivity contribution < 1.29 is 9.53 Å². The van der Waals surface area contributed by atoms with Gasteiger partial charge in [0.15, 0.2) is 10.6 Å². The summed E-state index contributed by atoms with van der Waals surface area (Å²) in [6, 6.07) is 15.2.